The van der Waals surface area contributed by atoms with E-state index < -0.39 is 0 Å². The summed E-state index contributed by atoms with van der Waals surface area (Å²) in [5.41, 5.74) is 0.310. The van der Waals surface area contributed by atoms with Crippen molar-refractivity contribution in [3.8, 4) is 0 Å². The molecule has 0 aromatic carbocycles. The zero-order chi connectivity index (χ0) is 20.3. The van der Waals surface area contributed by atoms with Crippen molar-refractivity contribution in [2.45, 2.75) is 6.92 Å². The van der Waals surface area contributed by atoms with Crippen LogP contribution in [-0.2, 0) is 14.1 Å². The van der Waals surface area contributed by atoms with Gasteiger partial charge in [0.25, 0.3) is 5.56 Å². The van der Waals surface area contributed by atoms with Crippen molar-refractivity contribution >= 4 is 22.5 Å². The van der Waals surface area contributed by atoms with Gasteiger partial charge >= 0.3 is 5.69 Å². The van der Waals surface area contributed by atoms with Crippen LogP contribution in [0.1, 0.15) is 5.82 Å². The second kappa shape index (κ2) is 6.40. The van der Waals surface area contributed by atoms with Gasteiger partial charge in [-0.3, -0.25) is 18.9 Å². The lowest BCUT2D eigenvalue weighted by atomic mass is 10.0. The van der Waals surface area contributed by atoms with E-state index in [1.165, 1.54) is 7.05 Å². The number of fused-ring (bicyclic) bond motifs is 2. The first-order chi connectivity index (χ1) is 13.9. The SMILES string of the molecule is Cc1nc(N2CC3CN(c4cc(=O)n(C)c(=O)n4C)CC3C2)c2ccncc2n1. The molecule has 5 rings (SSSR count). The van der Waals surface area contributed by atoms with E-state index in [0.29, 0.717) is 17.7 Å². The maximum atomic E-state index is 12.3. The molecule has 0 bridgehead atoms. The predicted molar refractivity (Wildman–Crippen MR) is 110 cm³/mol. The molecule has 3 aromatic heterocycles. The summed E-state index contributed by atoms with van der Waals surface area (Å²) < 4.78 is 2.70. The molecule has 2 fully saturated rings. The second-order valence-electron chi connectivity index (χ2n) is 8.06. The summed E-state index contributed by atoms with van der Waals surface area (Å²) in [6.45, 7) is 5.35. The molecule has 2 saturated heterocycles. The number of anilines is 2. The first-order valence-electron chi connectivity index (χ1n) is 9.77. The Balaban J connectivity index is 1.42. The molecular weight excluding hydrogens is 370 g/mol. The zero-order valence-electron chi connectivity index (χ0n) is 16.7. The van der Waals surface area contributed by atoms with Crippen LogP contribution >= 0.6 is 0 Å². The van der Waals surface area contributed by atoms with Gasteiger partial charge in [-0.1, -0.05) is 0 Å². The molecule has 5 heterocycles. The number of pyridine rings is 1. The number of aromatic nitrogens is 5. The van der Waals surface area contributed by atoms with E-state index in [0.717, 1.165) is 53.3 Å². The van der Waals surface area contributed by atoms with Crippen LogP contribution in [-0.4, -0.2) is 50.3 Å². The molecule has 9 heteroatoms. The molecule has 0 aliphatic carbocycles. The van der Waals surface area contributed by atoms with Crippen LogP contribution in [0.3, 0.4) is 0 Å². The summed E-state index contributed by atoms with van der Waals surface area (Å²) in [5, 5.41) is 1.02. The average molecular weight is 393 g/mol. The van der Waals surface area contributed by atoms with Crippen LogP contribution in [0.4, 0.5) is 11.6 Å². The summed E-state index contributed by atoms with van der Waals surface area (Å²) in [6.07, 6.45) is 3.56. The Morgan fingerprint density at radius 2 is 1.66 bits per heavy atom. The minimum atomic E-state index is -0.289. The fourth-order valence-electron chi connectivity index (χ4n) is 4.70. The number of hydrogen-bond acceptors (Lipinski definition) is 7. The molecule has 0 saturated carbocycles. The van der Waals surface area contributed by atoms with Gasteiger partial charge in [-0.25, -0.2) is 14.8 Å². The molecule has 9 nitrogen and oxygen atoms in total. The molecular formula is C20H23N7O2. The number of aryl methyl sites for hydroxylation is 1. The smallest absolute Gasteiger partial charge is 0.332 e. The summed E-state index contributed by atoms with van der Waals surface area (Å²) in [6, 6.07) is 3.54. The Labute approximate surface area is 167 Å². The highest BCUT2D eigenvalue weighted by Gasteiger charge is 2.41. The molecule has 3 aromatic rings. The first kappa shape index (κ1) is 17.8. The molecule has 0 N–H and O–H groups in total. The van der Waals surface area contributed by atoms with Crippen molar-refractivity contribution in [3.63, 3.8) is 0 Å². The molecule has 29 heavy (non-hydrogen) atoms. The van der Waals surface area contributed by atoms with Gasteiger partial charge in [0.1, 0.15) is 17.5 Å². The Bertz CT molecular complexity index is 1220. The van der Waals surface area contributed by atoms with E-state index in [1.54, 1.807) is 30.1 Å². The van der Waals surface area contributed by atoms with Crippen molar-refractivity contribution in [1.82, 2.24) is 24.1 Å². The van der Waals surface area contributed by atoms with Gasteiger partial charge in [0.15, 0.2) is 0 Å². The van der Waals surface area contributed by atoms with Crippen molar-refractivity contribution in [1.29, 1.82) is 0 Å². The van der Waals surface area contributed by atoms with Crippen molar-refractivity contribution in [2.24, 2.45) is 25.9 Å². The molecule has 0 radical (unpaired) electrons. The Morgan fingerprint density at radius 1 is 0.966 bits per heavy atom. The monoisotopic (exact) mass is 393 g/mol. The van der Waals surface area contributed by atoms with E-state index in [2.05, 4.69) is 19.8 Å². The van der Waals surface area contributed by atoms with Gasteiger partial charge in [0.2, 0.25) is 0 Å². The van der Waals surface area contributed by atoms with Crippen molar-refractivity contribution in [3.05, 3.63) is 51.2 Å². The summed E-state index contributed by atoms with van der Waals surface area (Å²) in [5.74, 6) is 3.34. The van der Waals surface area contributed by atoms with E-state index in [1.807, 2.05) is 13.0 Å². The van der Waals surface area contributed by atoms with Crippen LogP contribution < -0.4 is 21.0 Å². The Kier molecular flexibility index (Phi) is 3.94. The lowest BCUT2D eigenvalue weighted by Gasteiger charge is -2.25. The minimum Gasteiger partial charge on any atom is -0.357 e. The topological polar surface area (TPSA) is 89.2 Å². The van der Waals surface area contributed by atoms with E-state index in [9.17, 15) is 9.59 Å². The Hall–Kier alpha value is -3.23. The third-order valence-corrected chi connectivity index (χ3v) is 6.20. The maximum absolute atomic E-state index is 12.3. The maximum Gasteiger partial charge on any atom is 0.332 e. The lowest BCUT2D eigenvalue weighted by molar-refractivity contribution is 0.533. The van der Waals surface area contributed by atoms with Gasteiger partial charge < -0.3 is 9.80 Å². The summed E-state index contributed by atoms with van der Waals surface area (Å²) in [4.78, 5) is 42.3. The van der Waals surface area contributed by atoms with E-state index >= 15 is 0 Å². The van der Waals surface area contributed by atoms with Gasteiger partial charge in [0.05, 0.1) is 11.7 Å². The van der Waals surface area contributed by atoms with Crippen LogP contribution in [0.2, 0.25) is 0 Å². The van der Waals surface area contributed by atoms with E-state index in [-0.39, 0.29) is 11.2 Å². The van der Waals surface area contributed by atoms with Crippen LogP contribution in [0.15, 0.2) is 34.1 Å². The predicted octanol–water partition coefficient (Wildman–Crippen LogP) is 0.303. The van der Waals surface area contributed by atoms with Gasteiger partial charge in [-0.2, -0.15) is 0 Å². The van der Waals surface area contributed by atoms with E-state index in [4.69, 9.17) is 4.98 Å². The summed E-state index contributed by atoms with van der Waals surface area (Å²) in [7, 11) is 3.23. The molecule has 0 amide bonds. The highest BCUT2D eigenvalue weighted by atomic mass is 16.2. The molecule has 150 valence electrons. The molecule has 0 spiro atoms. The third-order valence-electron chi connectivity index (χ3n) is 6.20. The van der Waals surface area contributed by atoms with Crippen molar-refractivity contribution < 1.29 is 0 Å². The van der Waals surface area contributed by atoms with Gasteiger partial charge in [-0.15, -0.1) is 0 Å². The standard InChI is InChI=1S/C20H23N7O2/c1-12-22-16-7-21-5-4-15(16)19(23-12)27-10-13-8-26(9-14(13)11-27)17-6-18(28)25(3)20(29)24(17)2/h4-7,13-14H,8-11H2,1-3H3. The van der Waals surface area contributed by atoms with Crippen LogP contribution in [0.5, 0.6) is 0 Å². The van der Waals surface area contributed by atoms with Crippen molar-refractivity contribution in [2.75, 3.05) is 36.0 Å². The fourth-order valence-corrected chi connectivity index (χ4v) is 4.70. The van der Waals surface area contributed by atoms with Gasteiger partial charge in [0, 0.05) is 69.8 Å². The highest BCUT2D eigenvalue weighted by Crippen LogP contribution is 2.36. The normalized spacial score (nSPS) is 21.2. The second-order valence-corrected chi connectivity index (χ2v) is 8.06. The quantitative estimate of drug-likeness (QED) is 0.619. The Morgan fingerprint density at radius 3 is 2.38 bits per heavy atom. The third kappa shape index (κ3) is 2.80. The summed E-state index contributed by atoms with van der Waals surface area (Å²) >= 11 is 0. The number of rotatable bonds is 2. The largest absolute Gasteiger partial charge is 0.357 e. The minimum absolute atomic E-state index is 0.265. The zero-order valence-corrected chi connectivity index (χ0v) is 16.7. The fraction of sp³-hybridized carbons (Fsp3) is 0.450. The van der Waals surface area contributed by atoms with Crippen LogP contribution in [0, 0.1) is 18.8 Å². The number of nitrogens with zero attached hydrogens (tertiary/aromatic N) is 7. The average Bonchev–Trinajstić information content (AvgIpc) is 3.27. The molecule has 2 unspecified atom stereocenters. The molecule has 2 aliphatic rings. The van der Waals surface area contributed by atoms with Gasteiger partial charge in [-0.05, 0) is 13.0 Å². The van der Waals surface area contributed by atoms with Crippen LogP contribution in [0.25, 0.3) is 10.9 Å². The molecule has 2 atom stereocenters. The number of hydrogen-bond donors (Lipinski definition) is 0. The lowest BCUT2D eigenvalue weighted by Crippen LogP contribution is -2.40. The highest BCUT2D eigenvalue weighted by molar-refractivity contribution is 5.89. The molecule has 2 aliphatic heterocycles. The first-order valence-corrected chi connectivity index (χ1v) is 9.77.